The molecular weight excluding hydrogens is 320 g/mol. The second-order valence-corrected chi connectivity index (χ2v) is 6.51. The lowest BCUT2D eigenvalue weighted by Gasteiger charge is -2.26. The normalized spacial score (nSPS) is 21.2. The van der Waals surface area contributed by atoms with E-state index in [0.29, 0.717) is 24.5 Å². The summed E-state index contributed by atoms with van der Waals surface area (Å²) in [7, 11) is 0. The molecule has 0 aromatic heterocycles. The zero-order chi connectivity index (χ0) is 17.3. The van der Waals surface area contributed by atoms with Gasteiger partial charge in [-0.25, -0.2) is 0 Å². The number of carbonyl (C=O) groups is 1. The molecule has 2 aliphatic heterocycles. The van der Waals surface area contributed by atoms with Crippen molar-refractivity contribution in [2.45, 2.75) is 25.4 Å². The van der Waals surface area contributed by atoms with Crippen LogP contribution in [-0.4, -0.2) is 69.5 Å². The van der Waals surface area contributed by atoms with Gasteiger partial charge in [-0.3, -0.25) is 9.69 Å². The van der Waals surface area contributed by atoms with E-state index in [4.69, 9.17) is 14.2 Å². The number of hydrogen-bond donors (Lipinski definition) is 1. The van der Waals surface area contributed by atoms with Crippen LogP contribution < -0.4 is 10.1 Å². The molecule has 2 fully saturated rings. The number of hydrogen-bond acceptors (Lipinski definition) is 5. The van der Waals surface area contributed by atoms with Crippen LogP contribution in [-0.2, 0) is 9.47 Å². The molecule has 2 saturated heterocycles. The molecule has 0 saturated carbocycles. The number of ether oxygens (including phenoxy) is 3. The first-order chi connectivity index (χ1) is 12.3. The highest BCUT2D eigenvalue weighted by Crippen LogP contribution is 2.20. The number of rotatable bonds is 8. The standard InChI is InChI=1S/C19H28N2O4/c22-19(20-8-4-9-21-10-13-23-14-11-21)17-6-1-2-7-18(17)25-15-16-5-3-12-24-16/h1-2,6-7,16H,3-5,8-15H2,(H,20,22). The van der Waals surface area contributed by atoms with Gasteiger partial charge in [-0.15, -0.1) is 0 Å². The maximum Gasteiger partial charge on any atom is 0.255 e. The van der Waals surface area contributed by atoms with Crippen molar-refractivity contribution in [3.63, 3.8) is 0 Å². The number of carbonyl (C=O) groups excluding carboxylic acids is 1. The summed E-state index contributed by atoms with van der Waals surface area (Å²) in [5, 5.41) is 3.00. The van der Waals surface area contributed by atoms with E-state index in [1.54, 1.807) is 0 Å². The zero-order valence-electron chi connectivity index (χ0n) is 14.7. The van der Waals surface area contributed by atoms with Crippen LogP contribution in [0.2, 0.25) is 0 Å². The van der Waals surface area contributed by atoms with E-state index < -0.39 is 0 Å². The summed E-state index contributed by atoms with van der Waals surface area (Å²) in [6.45, 7) is 6.53. The van der Waals surface area contributed by atoms with Crippen LogP contribution in [0.5, 0.6) is 5.75 Å². The molecule has 1 unspecified atom stereocenters. The van der Waals surface area contributed by atoms with Crippen molar-refractivity contribution in [2.75, 3.05) is 52.6 Å². The molecule has 0 spiro atoms. The van der Waals surface area contributed by atoms with Crippen LogP contribution in [0.4, 0.5) is 0 Å². The minimum absolute atomic E-state index is 0.0788. The molecule has 1 aromatic rings. The molecule has 25 heavy (non-hydrogen) atoms. The maximum absolute atomic E-state index is 12.5. The van der Waals surface area contributed by atoms with E-state index in [0.717, 1.165) is 58.7 Å². The predicted molar refractivity (Wildman–Crippen MR) is 95.1 cm³/mol. The molecule has 2 aliphatic rings. The van der Waals surface area contributed by atoms with Crippen molar-refractivity contribution in [2.24, 2.45) is 0 Å². The third-order valence-electron chi connectivity index (χ3n) is 4.62. The topological polar surface area (TPSA) is 60.0 Å². The van der Waals surface area contributed by atoms with Gasteiger partial charge in [0.05, 0.1) is 24.9 Å². The first-order valence-electron chi connectivity index (χ1n) is 9.24. The fourth-order valence-corrected chi connectivity index (χ4v) is 3.16. The smallest absolute Gasteiger partial charge is 0.255 e. The second-order valence-electron chi connectivity index (χ2n) is 6.51. The van der Waals surface area contributed by atoms with Crippen molar-refractivity contribution in [3.05, 3.63) is 29.8 Å². The van der Waals surface area contributed by atoms with Crippen molar-refractivity contribution >= 4 is 5.91 Å². The number of morpholine rings is 1. The van der Waals surface area contributed by atoms with Crippen LogP contribution in [0.1, 0.15) is 29.6 Å². The fraction of sp³-hybridized carbons (Fsp3) is 0.632. The second kappa shape index (κ2) is 9.75. The quantitative estimate of drug-likeness (QED) is 0.725. The van der Waals surface area contributed by atoms with Crippen LogP contribution in [0.25, 0.3) is 0 Å². The minimum atomic E-state index is -0.0788. The summed E-state index contributed by atoms with van der Waals surface area (Å²) in [4.78, 5) is 14.8. The summed E-state index contributed by atoms with van der Waals surface area (Å²) in [5.41, 5.74) is 0.590. The Bertz CT molecular complexity index is 540. The van der Waals surface area contributed by atoms with Gasteiger partial charge < -0.3 is 19.5 Å². The zero-order valence-corrected chi connectivity index (χ0v) is 14.7. The molecule has 6 heteroatoms. The van der Waals surface area contributed by atoms with Gasteiger partial charge in [0.2, 0.25) is 0 Å². The van der Waals surface area contributed by atoms with Crippen LogP contribution in [0.15, 0.2) is 24.3 Å². The van der Waals surface area contributed by atoms with Gasteiger partial charge in [0.25, 0.3) is 5.91 Å². The highest BCUT2D eigenvalue weighted by Gasteiger charge is 2.18. The number of para-hydroxylation sites is 1. The van der Waals surface area contributed by atoms with E-state index in [1.807, 2.05) is 24.3 Å². The average molecular weight is 348 g/mol. The number of nitrogens with one attached hydrogen (secondary N) is 1. The van der Waals surface area contributed by atoms with Crippen molar-refractivity contribution < 1.29 is 19.0 Å². The third kappa shape index (κ3) is 5.70. The molecule has 0 radical (unpaired) electrons. The Morgan fingerprint density at radius 3 is 2.88 bits per heavy atom. The molecule has 0 aliphatic carbocycles. The van der Waals surface area contributed by atoms with Gasteiger partial charge in [0.15, 0.2) is 0 Å². The van der Waals surface area contributed by atoms with Gasteiger partial charge in [-0.2, -0.15) is 0 Å². The predicted octanol–water partition coefficient (Wildman–Crippen LogP) is 1.70. The average Bonchev–Trinajstić information content (AvgIpc) is 3.18. The molecule has 3 rings (SSSR count). The Morgan fingerprint density at radius 1 is 1.24 bits per heavy atom. The molecule has 0 bridgehead atoms. The molecule has 2 heterocycles. The summed E-state index contributed by atoms with van der Waals surface area (Å²) in [6, 6.07) is 7.40. The van der Waals surface area contributed by atoms with Crippen molar-refractivity contribution in [3.8, 4) is 5.75 Å². The molecule has 1 atom stereocenters. The van der Waals surface area contributed by atoms with Gasteiger partial charge in [0.1, 0.15) is 12.4 Å². The van der Waals surface area contributed by atoms with E-state index in [-0.39, 0.29) is 12.0 Å². The number of benzene rings is 1. The monoisotopic (exact) mass is 348 g/mol. The Kier molecular flexibility index (Phi) is 7.09. The Morgan fingerprint density at radius 2 is 2.08 bits per heavy atom. The van der Waals surface area contributed by atoms with E-state index in [1.165, 1.54) is 0 Å². The third-order valence-corrected chi connectivity index (χ3v) is 4.62. The molecule has 1 N–H and O–H groups in total. The highest BCUT2D eigenvalue weighted by atomic mass is 16.5. The van der Waals surface area contributed by atoms with E-state index in [9.17, 15) is 4.79 Å². The first-order valence-corrected chi connectivity index (χ1v) is 9.24. The lowest BCUT2D eigenvalue weighted by molar-refractivity contribution is 0.0374. The molecular formula is C19H28N2O4. The van der Waals surface area contributed by atoms with Crippen LogP contribution in [0, 0.1) is 0 Å². The lowest BCUT2D eigenvalue weighted by atomic mass is 10.2. The van der Waals surface area contributed by atoms with Crippen molar-refractivity contribution in [1.29, 1.82) is 0 Å². The maximum atomic E-state index is 12.5. The SMILES string of the molecule is O=C(NCCCN1CCOCC1)c1ccccc1OCC1CCCO1. The molecule has 6 nitrogen and oxygen atoms in total. The number of amides is 1. The van der Waals surface area contributed by atoms with Crippen LogP contribution in [0.3, 0.4) is 0 Å². The number of nitrogens with zero attached hydrogens (tertiary/aromatic N) is 1. The Hall–Kier alpha value is -1.63. The van der Waals surface area contributed by atoms with Gasteiger partial charge >= 0.3 is 0 Å². The lowest BCUT2D eigenvalue weighted by Crippen LogP contribution is -2.38. The van der Waals surface area contributed by atoms with E-state index in [2.05, 4.69) is 10.2 Å². The molecule has 1 aromatic carbocycles. The summed E-state index contributed by atoms with van der Waals surface area (Å²) >= 11 is 0. The minimum Gasteiger partial charge on any atom is -0.490 e. The first kappa shape index (κ1) is 18.2. The highest BCUT2D eigenvalue weighted by molar-refractivity contribution is 5.96. The van der Waals surface area contributed by atoms with Crippen molar-refractivity contribution in [1.82, 2.24) is 10.2 Å². The van der Waals surface area contributed by atoms with Crippen LogP contribution >= 0.6 is 0 Å². The molecule has 1 amide bonds. The Balaban J connectivity index is 1.42. The van der Waals surface area contributed by atoms with Gasteiger partial charge in [-0.1, -0.05) is 12.1 Å². The largest absolute Gasteiger partial charge is 0.490 e. The Labute approximate surface area is 149 Å². The summed E-state index contributed by atoms with van der Waals surface area (Å²) in [5.74, 6) is 0.550. The summed E-state index contributed by atoms with van der Waals surface area (Å²) < 4.78 is 16.7. The van der Waals surface area contributed by atoms with Gasteiger partial charge in [0, 0.05) is 26.2 Å². The summed E-state index contributed by atoms with van der Waals surface area (Å²) in [6.07, 6.45) is 3.18. The van der Waals surface area contributed by atoms with Gasteiger partial charge in [-0.05, 0) is 37.9 Å². The fourth-order valence-electron chi connectivity index (χ4n) is 3.16. The molecule has 138 valence electrons. The van der Waals surface area contributed by atoms with E-state index >= 15 is 0 Å².